The summed E-state index contributed by atoms with van der Waals surface area (Å²) in [5.41, 5.74) is 7.49. The molecule has 0 bridgehead atoms. The van der Waals surface area contributed by atoms with Crippen LogP contribution < -0.4 is 11.1 Å². The molecular formula is C15H14Cl2N2O. The van der Waals surface area contributed by atoms with Crippen LogP contribution in [0.25, 0.3) is 0 Å². The zero-order valence-electron chi connectivity index (χ0n) is 10.7. The van der Waals surface area contributed by atoms with Crippen molar-refractivity contribution in [2.24, 2.45) is 0 Å². The number of nitrogens with two attached hydrogens (primary N) is 1. The molecule has 0 saturated heterocycles. The molecule has 0 unspecified atom stereocenters. The Morgan fingerprint density at radius 3 is 2.30 bits per heavy atom. The molecule has 0 aliphatic rings. The van der Waals surface area contributed by atoms with Crippen LogP contribution in [0.2, 0.25) is 10.0 Å². The highest BCUT2D eigenvalue weighted by Crippen LogP contribution is 2.28. The van der Waals surface area contributed by atoms with Crippen molar-refractivity contribution in [1.82, 2.24) is 5.32 Å². The third-order valence-electron chi connectivity index (χ3n) is 2.88. The van der Waals surface area contributed by atoms with Crippen molar-refractivity contribution in [1.29, 1.82) is 0 Å². The SMILES string of the molecule is Nc1c(Cl)cc(C(=O)NCCc2ccccc2)cc1Cl. The van der Waals surface area contributed by atoms with Crippen LogP contribution in [-0.4, -0.2) is 12.5 Å². The Labute approximate surface area is 127 Å². The van der Waals surface area contributed by atoms with Crippen molar-refractivity contribution in [2.75, 3.05) is 12.3 Å². The number of benzene rings is 2. The Morgan fingerprint density at radius 2 is 1.70 bits per heavy atom. The zero-order chi connectivity index (χ0) is 14.5. The van der Waals surface area contributed by atoms with E-state index in [1.54, 1.807) is 0 Å². The summed E-state index contributed by atoms with van der Waals surface area (Å²) in [5, 5.41) is 3.39. The number of carbonyl (C=O) groups is 1. The van der Waals surface area contributed by atoms with Crippen molar-refractivity contribution in [3.63, 3.8) is 0 Å². The number of nitrogen functional groups attached to an aromatic ring is 1. The fraction of sp³-hybridized carbons (Fsp3) is 0.133. The Morgan fingerprint density at radius 1 is 1.10 bits per heavy atom. The minimum absolute atomic E-state index is 0.218. The van der Waals surface area contributed by atoms with Gasteiger partial charge >= 0.3 is 0 Å². The summed E-state index contributed by atoms with van der Waals surface area (Å²) >= 11 is 11.8. The van der Waals surface area contributed by atoms with Gasteiger partial charge in [-0.2, -0.15) is 0 Å². The molecule has 0 radical (unpaired) electrons. The van der Waals surface area contributed by atoms with Crippen LogP contribution in [0, 0.1) is 0 Å². The Bertz CT molecular complexity index is 592. The standard InChI is InChI=1S/C15H14Cl2N2O/c16-12-8-11(9-13(17)14(12)18)15(20)19-7-6-10-4-2-1-3-5-10/h1-5,8-9H,6-7,18H2,(H,19,20). The highest BCUT2D eigenvalue weighted by atomic mass is 35.5. The predicted molar refractivity (Wildman–Crippen MR) is 83.4 cm³/mol. The van der Waals surface area contributed by atoms with E-state index in [9.17, 15) is 4.79 Å². The van der Waals surface area contributed by atoms with Gasteiger partial charge in [-0.05, 0) is 24.1 Å². The van der Waals surface area contributed by atoms with E-state index >= 15 is 0 Å². The molecule has 2 rings (SSSR count). The third-order valence-corrected chi connectivity index (χ3v) is 3.51. The lowest BCUT2D eigenvalue weighted by Gasteiger charge is -2.08. The van der Waals surface area contributed by atoms with E-state index in [2.05, 4.69) is 5.32 Å². The minimum atomic E-state index is -0.218. The molecule has 0 atom stereocenters. The summed E-state index contributed by atoms with van der Waals surface area (Å²) in [5.74, 6) is -0.218. The van der Waals surface area contributed by atoms with Gasteiger partial charge in [0.05, 0.1) is 15.7 Å². The Kier molecular flexibility index (Phi) is 4.88. The van der Waals surface area contributed by atoms with Crippen molar-refractivity contribution in [3.05, 3.63) is 63.6 Å². The summed E-state index contributed by atoms with van der Waals surface area (Å²) in [6.45, 7) is 0.544. The summed E-state index contributed by atoms with van der Waals surface area (Å²) in [6.07, 6.45) is 0.767. The number of nitrogens with one attached hydrogen (secondary N) is 1. The number of hydrogen-bond acceptors (Lipinski definition) is 2. The highest BCUT2D eigenvalue weighted by molar-refractivity contribution is 6.39. The van der Waals surface area contributed by atoms with Gasteiger partial charge in [-0.15, -0.1) is 0 Å². The van der Waals surface area contributed by atoms with E-state index in [1.165, 1.54) is 17.7 Å². The predicted octanol–water partition coefficient (Wildman–Crippen LogP) is 3.55. The average molecular weight is 309 g/mol. The number of hydrogen-bond donors (Lipinski definition) is 2. The van der Waals surface area contributed by atoms with Crippen molar-refractivity contribution in [2.45, 2.75) is 6.42 Å². The molecule has 5 heteroatoms. The zero-order valence-corrected chi connectivity index (χ0v) is 12.2. The maximum atomic E-state index is 12.0. The maximum absolute atomic E-state index is 12.0. The molecule has 0 aromatic heterocycles. The van der Waals surface area contributed by atoms with Crippen LogP contribution in [0.5, 0.6) is 0 Å². The molecule has 0 aliphatic heterocycles. The second kappa shape index (κ2) is 6.64. The summed E-state index contributed by atoms with van der Waals surface area (Å²) in [6, 6.07) is 13.0. The first-order valence-corrected chi connectivity index (χ1v) is 6.90. The van der Waals surface area contributed by atoms with Gasteiger partial charge in [0.15, 0.2) is 0 Å². The van der Waals surface area contributed by atoms with Gasteiger partial charge in [0.1, 0.15) is 0 Å². The third kappa shape index (κ3) is 3.65. The molecule has 2 aromatic carbocycles. The minimum Gasteiger partial charge on any atom is -0.396 e. The van der Waals surface area contributed by atoms with E-state index < -0.39 is 0 Å². The number of rotatable bonds is 4. The summed E-state index contributed by atoms with van der Waals surface area (Å²) in [4.78, 5) is 12.0. The van der Waals surface area contributed by atoms with Crippen molar-refractivity contribution < 1.29 is 4.79 Å². The number of anilines is 1. The molecule has 20 heavy (non-hydrogen) atoms. The molecule has 0 aliphatic carbocycles. The maximum Gasteiger partial charge on any atom is 0.251 e. The molecule has 0 spiro atoms. The second-order valence-corrected chi connectivity index (χ2v) is 5.16. The van der Waals surface area contributed by atoms with E-state index in [1.807, 2.05) is 30.3 Å². The molecule has 0 fully saturated rings. The molecule has 3 N–H and O–H groups in total. The second-order valence-electron chi connectivity index (χ2n) is 4.35. The van der Waals surface area contributed by atoms with Gasteiger partial charge in [0, 0.05) is 12.1 Å². The highest BCUT2D eigenvalue weighted by Gasteiger charge is 2.10. The molecule has 3 nitrogen and oxygen atoms in total. The van der Waals surface area contributed by atoms with Crippen LogP contribution >= 0.6 is 23.2 Å². The first-order chi connectivity index (χ1) is 9.58. The average Bonchev–Trinajstić information content (AvgIpc) is 2.45. The van der Waals surface area contributed by atoms with Gasteiger partial charge in [-0.1, -0.05) is 53.5 Å². The molecule has 0 saturated carbocycles. The van der Waals surface area contributed by atoms with Gasteiger partial charge in [-0.25, -0.2) is 0 Å². The number of carbonyl (C=O) groups excluding carboxylic acids is 1. The Hall–Kier alpha value is -1.71. The first-order valence-electron chi connectivity index (χ1n) is 6.14. The Balaban J connectivity index is 1.95. The largest absolute Gasteiger partial charge is 0.396 e. The quantitative estimate of drug-likeness (QED) is 0.849. The first kappa shape index (κ1) is 14.7. The van der Waals surface area contributed by atoms with Gasteiger partial charge < -0.3 is 11.1 Å². The fourth-order valence-electron chi connectivity index (χ4n) is 1.78. The molecule has 104 valence electrons. The van der Waals surface area contributed by atoms with Crippen LogP contribution in [0.3, 0.4) is 0 Å². The molecule has 1 amide bonds. The summed E-state index contributed by atoms with van der Waals surface area (Å²) < 4.78 is 0. The van der Waals surface area contributed by atoms with Crippen LogP contribution in [0.4, 0.5) is 5.69 Å². The van der Waals surface area contributed by atoms with Gasteiger partial charge in [0.25, 0.3) is 5.91 Å². The number of amides is 1. The topological polar surface area (TPSA) is 55.1 Å². The fourth-order valence-corrected chi connectivity index (χ4v) is 2.27. The van der Waals surface area contributed by atoms with E-state index in [-0.39, 0.29) is 21.6 Å². The molecular weight excluding hydrogens is 295 g/mol. The van der Waals surface area contributed by atoms with E-state index in [0.717, 1.165) is 6.42 Å². The normalized spacial score (nSPS) is 10.3. The van der Waals surface area contributed by atoms with Crippen LogP contribution in [0.1, 0.15) is 15.9 Å². The van der Waals surface area contributed by atoms with Crippen molar-refractivity contribution in [3.8, 4) is 0 Å². The molecule has 0 heterocycles. The lowest BCUT2D eigenvalue weighted by atomic mass is 10.1. The molecule has 2 aromatic rings. The van der Waals surface area contributed by atoms with Gasteiger partial charge in [0.2, 0.25) is 0 Å². The smallest absolute Gasteiger partial charge is 0.251 e. The van der Waals surface area contributed by atoms with Crippen LogP contribution in [0.15, 0.2) is 42.5 Å². The van der Waals surface area contributed by atoms with Gasteiger partial charge in [-0.3, -0.25) is 4.79 Å². The number of halogens is 2. The van der Waals surface area contributed by atoms with Crippen LogP contribution in [-0.2, 0) is 6.42 Å². The van der Waals surface area contributed by atoms with E-state index in [0.29, 0.717) is 12.1 Å². The van der Waals surface area contributed by atoms with Crippen molar-refractivity contribution >= 4 is 34.8 Å². The van der Waals surface area contributed by atoms with E-state index in [4.69, 9.17) is 28.9 Å². The monoisotopic (exact) mass is 308 g/mol. The summed E-state index contributed by atoms with van der Waals surface area (Å²) in [7, 11) is 0. The lowest BCUT2D eigenvalue weighted by Crippen LogP contribution is -2.25. The lowest BCUT2D eigenvalue weighted by molar-refractivity contribution is 0.0954.